The zero-order valence-electron chi connectivity index (χ0n) is 29.2. The largest absolute Gasteiger partial charge is 0.298 e. The Morgan fingerprint density at radius 3 is 1.92 bits per heavy atom. The Balaban J connectivity index is 1.07. The molecule has 4 bridgehead atoms. The summed E-state index contributed by atoms with van der Waals surface area (Å²) in [6.45, 7) is 0. The Labute approximate surface area is 305 Å². The molecule has 0 atom stereocenters. The van der Waals surface area contributed by atoms with E-state index in [1.54, 1.807) is 5.56 Å². The van der Waals surface area contributed by atoms with Crippen LogP contribution in [0.3, 0.4) is 0 Å². The minimum atomic E-state index is 0.0644. The summed E-state index contributed by atoms with van der Waals surface area (Å²) in [5.74, 6) is 3.16. The Morgan fingerprint density at radius 2 is 1.15 bits per heavy atom. The lowest BCUT2D eigenvalue weighted by Gasteiger charge is -2.61. The van der Waals surface area contributed by atoms with Crippen molar-refractivity contribution < 1.29 is 0 Å². The fraction of sp³-hybridized carbons (Fsp3) is 0.200. The van der Waals surface area contributed by atoms with Gasteiger partial charge in [-0.1, -0.05) is 133 Å². The van der Waals surface area contributed by atoms with Crippen molar-refractivity contribution in [2.45, 2.75) is 37.5 Å². The average Bonchev–Trinajstić information content (AvgIpc) is 3.49. The standard InChI is InChI=1S/C50H40N2/c51-48(49(52-42-21-18-34-10-4-5-12-38(34)29-42)37-16-14-35(15-17-37)33-8-2-1-3-9-33)39-20-23-46-45(30-39)44-22-19-36-11-6-7-13-43(36)47(44)50(46)40-25-31-24-32(27-40)28-41(50)26-31/h1-23,29-32,40-41,51H,24-28H2. The highest BCUT2D eigenvalue weighted by Gasteiger charge is 2.62. The van der Waals surface area contributed by atoms with Gasteiger partial charge in [0.15, 0.2) is 0 Å². The van der Waals surface area contributed by atoms with Crippen molar-refractivity contribution in [2.75, 3.05) is 0 Å². The van der Waals surface area contributed by atoms with Crippen LogP contribution < -0.4 is 0 Å². The van der Waals surface area contributed by atoms with Crippen molar-refractivity contribution in [3.05, 3.63) is 174 Å². The summed E-state index contributed by atoms with van der Waals surface area (Å²) in [5.41, 5.74) is 12.1. The lowest BCUT2D eigenvalue weighted by molar-refractivity contribution is -0.0393. The number of aliphatic imine (C=N–C) groups is 1. The summed E-state index contributed by atoms with van der Waals surface area (Å²) < 4.78 is 0. The van der Waals surface area contributed by atoms with Gasteiger partial charge in [0.2, 0.25) is 0 Å². The molecule has 0 heterocycles. The number of rotatable bonds is 5. The number of hydrogen-bond acceptors (Lipinski definition) is 2. The van der Waals surface area contributed by atoms with Gasteiger partial charge in [0, 0.05) is 16.5 Å². The Morgan fingerprint density at radius 1 is 0.519 bits per heavy atom. The molecule has 12 rings (SSSR count). The lowest BCUT2D eigenvalue weighted by Crippen LogP contribution is -2.55. The fourth-order valence-electron chi connectivity index (χ4n) is 11.4. The van der Waals surface area contributed by atoms with E-state index in [4.69, 9.17) is 4.99 Å². The van der Waals surface area contributed by atoms with Gasteiger partial charge in [-0.25, -0.2) is 4.99 Å². The monoisotopic (exact) mass is 668 g/mol. The van der Waals surface area contributed by atoms with Crippen molar-refractivity contribution in [3.63, 3.8) is 0 Å². The number of nitrogens with one attached hydrogen (secondary N) is 1. The van der Waals surface area contributed by atoms with Crippen LogP contribution in [0.15, 0.2) is 157 Å². The van der Waals surface area contributed by atoms with Crippen molar-refractivity contribution >= 4 is 38.7 Å². The van der Waals surface area contributed by atoms with Crippen molar-refractivity contribution in [1.82, 2.24) is 0 Å². The van der Waals surface area contributed by atoms with Crippen LogP contribution >= 0.6 is 0 Å². The molecule has 250 valence electrons. The van der Waals surface area contributed by atoms with E-state index in [1.165, 1.54) is 70.5 Å². The lowest BCUT2D eigenvalue weighted by atomic mass is 9.43. The van der Waals surface area contributed by atoms with E-state index in [-0.39, 0.29) is 5.41 Å². The molecule has 2 heteroatoms. The molecule has 4 saturated carbocycles. The highest BCUT2D eigenvalue weighted by atomic mass is 14.8. The quantitative estimate of drug-likeness (QED) is 0.177. The van der Waals surface area contributed by atoms with Crippen molar-refractivity contribution in [3.8, 4) is 22.3 Å². The molecule has 1 N–H and O–H groups in total. The minimum Gasteiger partial charge on any atom is -0.298 e. The summed E-state index contributed by atoms with van der Waals surface area (Å²) in [5, 5.41) is 15.0. The molecule has 2 nitrogen and oxygen atoms in total. The van der Waals surface area contributed by atoms with Gasteiger partial charge in [-0.05, 0) is 129 Å². The fourth-order valence-corrected chi connectivity index (χ4v) is 11.4. The molecule has 5 aliphatic rings. The van der Waals surface area contributed by atoms with Gasteiger partial charge in [0.05, 0.1) is 17.1 Å². The van der Waals surface area contributed by atoms with E-state index in [1.807, 2.05) is 0 Å². The van der Waals surface area contributed by atoms with Gasteiger partial charge in [-0.3, -0.25) is 5.41 Å². The third-order valence-corrected chi connectivity index (χ3v) is 13.3. The van der Waals surface area contributed by atoms with Gasteiger partial charge in [-0.2, -0.15) is 0 Å². The third-order valence-electron chi connectivity index (χ3n) is 13.3. The van der Waals surface area contributed by atoms with Crippen LogP contribution in [-0.2, 0) is 5.41 Å². The van der Waals surface area contributed by atoms with Gasteiger partial charge in [0.1, 0.15) is 0 Å². The maximum atomic E-state index is 9.90. The first-order valence-corrected chi connectivity index (χ1v) is 19.1. The Hall–Kier alpha value is -5.60. The van der Waals surface area contributed by atoms with Gasteiger partial charge >= 0.3 is 0 Å². The molecule has 0 saturated heterocycles. The number of hydrogen-bond donors (Lipinski definition) is 1. The van der Waals surface area contributed by atoms with Crippen molar-refractivity contribution in [1.29, 1.82) is 5.41 Å². The van der Waals surface area contributed by atoms with Gasteiger partial charge in [0.25, 0.3) is 0 Å². The highest BCUT2D eigenvalue weighted by molar-refractivity contribution is 6.53. The van der Waals surface area contributed by atoms with E-state index in [0.29, 0.717) is 23.3 Å². The third kappa shape index (κ3) is 4.43. The van der Waals surface area contributed by atoms with Crippen LogP contribution in [0.5, 0.6) is 0 Å². The van der Waals surface area contributed by atoms with E-state index in [2.05, 4.69) is 152 Å². The van der Waals surface area contributed by atoms with Crippen LogP contribution in [0.1, 0.15) is 54.4 Å². The normalized spacial score (nSPS) is 24.0. The smallest absolute Gasteiger partial charge is 0.0964 e. The average molecular weight is 669 g/mol. The summed E-state index contributed by atoms with van der Waals surface area (Å²) in [7, 11) is 0. The second-order valence-electron chi connectivity index (χ2n) is 16.0. The molecular formula is C50H40N2. The molecule has 0 aromatic heterocycles. The van der Waals surface area contributed by atoms with Crippen molar-refractivity contribution in [2.24, 2.45) is 28.7 Å². The molecule has 1 spiro atoms. The molecule has 4 fully saturated rings. The van der Waals surface area contributed by atoms with E-state index in [9.17, 15) is 5.41 Å². The first-order valence-electron chi connectivity index (χ1n) is 19.1. The molecule has 0 radical (unpaired) electrons. The zero-order valence-corrected chi connectivity index (χ0v) is 29.2. The van der Waals surface area contributed by atoms with Crippen LogP contribution in [0.2, 0.25) is 0 Å². The van der Waals surface area contributed by atoms with Crippen LogP contribution in [0.4, 0.5) is 5.69 Å². The van der Waals surface area contributed by atoms with Crippen LogP contribution in [0.25, 0.3) is 43.8 Å². The summed E-state index contributed by atoms with van der Waals surface area (Å²) in [6, 6.07) is 54.7. The Kier molecular flexibility index (Phi) is 6.62. The SMILES string of the molecule is N=C(C(=Nc1ccc2ccccc2c1)c1ccc(-c2ccccc2)cc1)c1ccc2c(c1)-c1ccc3ccccc3c1C21C2CC3CC(C2)CC1C3. The predicted molar refractivity (Wildman–Crippen MR) is 216 cm³/mol. The van der Waals surface area contributed by atoms with Gasteiger partial charge in [-0.15, -0.1) is 0 Å². The maximum absolute atomic E-state index is 9.90. The predicted octanol–water partition coefficient (Wildman–Crippen LogP) is 12.6. The van der Waals surface area contributed by atoms with E-state index >= 15 is 0 Å². The van der Waals surface area contributed by atoms with Crippen LogP contribution in [-0.4, -0.2) is 11.4 Å². The van der Waals surface area contributed by atoms with Crippen LogP contribution in [0, 0.1) is 29.1 Å². The molecule has 7 aromatic rings. The number of benzene rings is 7. The molecule has 52 heavy (non-hydrogen) atoms. The topological polar surface area (TPSA) is 36.2 Å². The maximum Gasteiger partial charge on any atom is 0.0964 e. The second kappa shape index (κ2) is 11.5. The summed E-state index contributed by atoms with van der Waals surface area (Å²) in [6.07, 6.45) is 6.87. The number of nitrogens with zero attached hydrogens (tertiary/aromatic N) is 1. The second-order valence-corrected chi connectivity index (χ2v) is 16.0. The van der Waals surface area contributed by atoms with E-state index < -0.39 is 0 Å². The summed E-state index contributed by atoms with van der Waals surface area (Å²) >= 11 is 0. The van der Waals surface area contributed by atoms with E-state index in [0.717, 1.165) is 39.6 Å². The molecule has 5 aliphatic carbocycles. The number of fused-ring (bicyclic) bond motifs is 6. The molecule has 7 aromatic carbocycles. The molecular weight excluding hydrogens is 629 g/mol. The van der Waals surface area contributed by atoms with Gasteiger partial charge < -0.3 is 0 Å². The molecule has 0 unspecified atom stereocenters. The minimum absolute atomic E-state index is 0.0644. The molecule has 0 aliphatic heterocycles. The first-order chi connectivity index (χ1) is 25.6. The first kappa shape index (κ1) is 30.1. The zero-order chi connectivity index (χ0) is 34.4. The highest BCUT2D eigenvalue weighted by Crippen LogP contribution is 2.70. The summed E-state index contributed by atoms with van der Waals surface area (Å²) in [4.78, 5) is 5.27. The Bertz CT molecular complexity index is 2560. The molecule has 0 amide bonds.